The van der Waals surface area contributed by atoms with Gasteiger partial charge in [-0.3, -0.25) is 4.79 Å². The van der Waals surface area contributed by atoms with Crippen molar-refractivity contribution in [2.75, 3.05) is 18.6 Å². The summed E-state index contributed by atoms with van der Waals surface area (Å²) in [4.78, 5) is 18.0. The number of para-hydroxylation sites is 1. The number of methoxy groups -OCH3 is 1. The summed E-state index contributed by atoms with van der Waals surface area (Å²) in [5.74, 6) is 0.531. The molecule has 0 amide bonds. The van der Waals surface area contributed by atoms with Gasteiger partial charge in [-0.25, -0.2) is 0 Å². The average Bonchev–Trinajstić information content (AvgIpc) is 3.37. The van der Waals surface area contributed by atoms with Crippen LogP contribution < -0.4 is 4.90 Å². The van der Waals surface area contributed by atoms with Crippen LogP contribution in [0.3, 0.4) is 0 Å². The Morgan fingerprint density at radius 3 is 2.65 bits per heavy atom. The number of halogens is 3. The SMILES string of the molecule is COC(=O)CCC1CN(Cc2noc(-c3ccc(C(F)(F)F)cc3)n2)c2ccccc21. The minimum atomic E-state index is -4.40. The number of ether oxygens (including phenoxy) is 1. The molecule has 0 spiro atoms. The summed E-state index contributed by atoms with van der Waals surface area (Å²) in [5.41, 5.74) is 1.88. The Morgan fingerprint density at radius 1 is 1.19 bits per heavy atom. The molecule has 0 N–H and O–H groups in total. The van der Waals surface area contributed by atoms with Crippen LogP contribution in [-0.4, -0.2) is 29.8 Å². The Balaban J connectivity index is 1.48. The minimum absolute atomic E-state index is 0.165. The molecule has 9 heteroatoms. The molecule has 162 valence electrons. The number of hydrogen-bond donors (Lipinski definition) is 0. The van der Waals surface area contributed by atoms with Crippen molar-refractivity contribution >= 4 is 11.7 Å². The van der Waals surface area contributed by atoms with Crippen molar-refractivity contribution in [1.82, 2.24) is 10.1 Å². The molecule has 0 radical (unpaired) electrons. The van der Waals surface area contributed by atoms with Gasteiger partial charge in [0, 0.05) is 30.1 Å². The fraction of sp³-hybridized carbons (Fsp3) is 0.318. The highest BCUT2D eigenvalue weighted by Gasteiger charge is 2.31. The van der Waals surface area contributed by atoms with Gasteiger partial charge >= 0.3 is 12.1 Å². The number of alkyl halides is 3. The van der Waals surface area contributed by atoms with Crippen LogP contribution in [0.4, 0.5) is 18.9 Å². The second-order valence-electron chi connectivity index (χ2n) is 7.34. The Hall–Kier alpha value is -3.36. The second kappa shape index (κ2) is 8.41. The van der Waals surface area contributed by atoms with Crippen molar-refractivity contribution in [2.45, 2.75) is 31.5 Å². The third kappa shape index (κ3) is 4.55. The molecule has 2 heterocycles. The van der Waals surface area contributed by atoms with Gasteiger partial charge in [-0.2, -0.15) is 18.2 Å². The lowest BCUT2D eigenvalue weighted by atomic mass is 9.96. The molecular weight excluding hydrogens is 411 g/mol. The van der Waals surface area contributed by atoms with Crippen molar-refractivity contribution in [3.8, 4) is 11.5 Å². The van der Waals surface area contributed by atoms with Crippen molar-refractivity contribution in [1.29, 1.82) is 0 Å². The van der Waals surface area contributed by atoms with E-state index in [0.717, 1.165) is 23.4 Å². The number of carbonyl (C=O) groups excluding carboxylic acids is 1. The van der Waals surface area contributed by atoms with Crippen molar-refractivity contribution < 1.29 is 27.2 Å². The first kappa shape index (κ1) is 20.9. The lowest BCUT2D eigenvalue weighted by Crippen LogP contribution is -2.22. The van der Waals surface area contributed by atoms with Crippen LogP contribution in [0.25, 0.3) is 11.5 Å². The average molecular weight is 431 g/mol. The summed E-state index contributed by atoms with van der Waals surface area (Å²) >= 11 is 0. The Morgan fingerprint density at radius 2 is 1.94 bits per heavy atom. The zero-order valence-corrected chi connectivity index (χ0v) is 16.7. The summed E-state index contributed by atoms with van der Waals surface area (Å²) in [6.07, 6.45) is -3.39. The van der Waals surface area contributed by atoms with Crippen molar-refractivity contribution in [2.24, 2.45) is 0 Å². The smallest absolute Gasteiger partial charge is 0.416 e. The quantitative estimate of drug-likeness (QED) is 0.522. The maximum absolute atomic E-state index is 12.7. The van der Waals surface area contributed by atoms with Gasteiger partial charge in [0.1, 0.15) is 0 Å². The van der Waals surface area contributed by atoms with Gasteiger partial charge in [0.05, 0.1) is 19.2 Å². The van der Waals surface area contributed by atoms with E-state index in [1.807, 2.05) is 24.3 Å². The van der Waals surface area contributed by atoms with Crippen LogP contribution in [0, 0.1) is 0 Å². The van der Waals surface area contributed by atoms with Gasteiger partial charge in [-0.1, -0.05) is 23.4 Å². The molecule has 0 saturated heterocycles. The number of anilines is 1. The summed E-state index contributed by atoms with van der Waals surface area (Å²) < 4.78 is 48.2. The first-order valence-electron chi connectivity index (χ1n) is 9.76. The molecule has 1 aromatic heterocycles. The maximum atomic E-state index is 12.7. The van der Waals surface area contributed by atoms with Gasteiger partial charge in [0.25, 0.3) is 5.89 Å². The molecule has 4 rings (SSSR count). The van der Waals surface area contributed by atoms with Gasteiger partial charge in [-0.15, -0.1) is 0 Å². The Bertz CT molecular complexity index is 1060. The molecule has 6 nitrogen and oxygen atoms in total. The Labute approximate surface area is 176 Å². The van der Waals surface area contributed by atoms with Crippen LogP contribution in [0.15, 0.2) is 53.1 Å². The highest BCUT2D eigenvalue weighted by atomic mass is 19.4. The number of benzene rings is 2. The fourth-order valence-electron chi connectivity index (χ4n) is 3.78. The molecule has 0 saturated carbocycles. The number of fused-ring (bicyclic) bond motifs is 1. The molecule has 1 aliphatic heterocycles. The standard InChI is InChI=1S/C22H20F3N3O3/c1-30-20(29)11-8-15-12-28(18-5-3-2-4-17(15)18)13-19-26-21(31-27-19)14-6-9-16(10-7-14)22(23,24)25/h2-7,9-10,15H,8,11-13H2,1H3. The van der Waals surface area contributed by atoms with E-state index >= 15 is 0 Å². The number of hydrogen-bond acceptors (Lipinski definition) is 6. The third-order valence-electron chi connectivity index (χ3n) is 5.34. The molecule has 1 atom stereocenters. The molecule has 1 unspecified atom stereocenters. The predicted molar refractivity (Wildman–Crippen MR) is 106 cm³/mol. The van der Waals surface area contributed by atoms with E-state index in [-0.39, 0.29) is 17.8 Å². The van der Waals surface area contributed by atoms with Gasteiger partial charge < -0.3 is 14.2 Å². The van der Waals surface area contributed by atoms with Crippen molar-refractivity contribution in [3.05, 3.63) is 65.5 Å². The number of esters is 1. The Kier molecular flexibility index (Phi) is 5.67. The molecule has 0 fully saturated rings. The first-order chi connectivity index (χ1) is 14.8. The van der Waals surface area contributed by atoms with E-state index < -0.39 is 11.7 Å². The van der Waals surface area contributed by atoms with Crippen LogP contribution in [0.2, 0.25) is 0 Å². The molecule has 0 bridgehead atoms. The number of rotatable bonds is 6. The van der Waals surface area contributed by atoms with E-state index in [9.17, 15) is 18.0 Å². The minimum Gasteiger partial charge on any atom is -0.469 e. The van der Waals surface area contributed by atoms with E-state index in [1.165, 1.54) is 19.2 Å². The largest absolute Gasteiger partial charge is 0.469 e. The van der Waals surface area contributed by atoms with E-state index in [1.54, 1.807) is 0 Å². The highest BCUT2D eigenvalue weighted by molar-refractivity contribution is 5.69. The van der Waals surface area contributed by atoms with Crippen LogP contribution >= 0.6 is 0 Å². The topological polar surface area (TPSA) is 68.5 Å². The monoisotopic (exact) mass is 431 g/mol. The summed E-state index contributed by atoms with van der Waals surface area (Å²) in [5, 5.41) is 3.99. The normalized spacial score (nSPS) is 15.7. The summed E-state index contributed by atoms with van der Waals surface area (Å²) in [7, 11) is 1.38. The third-order valence-corrected chi connectivity index (χ3v) is 5.34. The number of aromatic nitrogens is 2. The molecule has 3 aromatic rings. The summed E-state index contributed by atoms with van der Waals surface area (Å²) in [6, 6.07) is 12.6. The highest BCUT2D eigenvalue weighted by Crippen LogP contribution is 2.39. The van der Waals surface area contributed by atoms with Crippen LogP contribution in [0.5, 0.6) is 0 Å². The maximum Gasteiger partial charge on any atom is 0.416 e. The molecule has 0 aliphatic carbocycles. The molecule has 1 aliphatic rings. The van der Waals surface area contributed by atoms with E-state index in [0.29, 0.717) is 37.3 Å². The van der Waals surface area contributed by atoms with Gasteiger partial charge in [-0.05, 0) is 42.3 Å². The van der Waals surface area contributed by atoms with Gasteiger partial charge in [0.2, 0.25) is 0 Å². The fourth-order valence-corrected chi connectivity index (χ4v) is 3.78. The second-order valence-corrected chi connectivity index (χ2v) is 7.34. The number of carbonyl (C=O) groups is 1. The lowest BCUT2D eigenvalue weighted by Gasteiger charge is -2.17. The van der Waals surface area contributed by atoms with Gasteiger partial charge in [0.15, 0.2) is 5.82 Å². The summed E-state index contributed by atoms with van der Waals surface area (Å²) in [6.45, 7) is 1.08. The zero-order chi connectivity index (χ0) is 22.0. The lowest BCUT2D eigenvalue weighted by molar-refractivity contribution is -0.141. The van der Waals surface area contributed by atoms with Crippen LogP contribution in [-0.2, 0) is 22.3 Å². The van der Waals surface area contributed by atoms with E-state index in [2.05, 4.69) is 15.0 Å². The predicted octanol–water partition coefficient (Wildman–Crippen LogP) is 4.81. The number of nitrogens with zero attached hydrogens (tertiary/aromatic N) is 3. The van der Waals surface area contributed by atoms with E-state index in [4.69, 9.17) is 9.26 Å². The molecular formula is C22H20F3N3O3. The van der Waals surface area contributed by atoms with Crippen LogP contribution in [0.1, 0.15) is 35.7 Å². The molecule has 31 heavy (non-hydrogen) atoms. The molecule has 2 aromatic carbocycles. The zero-order valence-electron chi connectivity index (χ0n) is 16.7. The first-order valence-corrected chi connectivity index (χ1v) is 9.76. The van der Waals surface area contributed by atoms with Crippen molar-refractivity contribution in [3.63, 3.8) is 0 Å².